The Balaban J connectivity index is 4.22. The molecule has 0 aliphatic rings. The van der Waals surface area contributed by atoms with Gasteiger partial charge in [-0.1, -0.05) is 32.5 Å². The van der Waals surface area contributed by atoms with Gasteiger partial charge < -0.3 is 0 Å². The van der Waals surface area contributed by atoms with Gasteiger partial charge in [0.2, 0.25) is 0 Å². The molecular weight excluding hydrogens is 114 g/mol. The molecule has 0 bridgehead atoms. The van der Waals surface area contributed by atoms with Crippen LogP contribution in [0.25, 0.3) is 10.4 Å². The van der Waals surface area contributed by atoms with Gasteiger partial charge in [-0.05, 0) is 10.9 Å². The van der Waals surface area contributed by atoms with Gasteiger partial charge in [0.1, 0.15) is 0 Å². The van der Waals surface area contributed by atoms with Crippen LogP contribution in [-0.4, -0.2) is 0 Å². The average Bonchev–Trinajstić information content (AvgIpc) is 1.64. The zero-order chi connectivity index (χ0) is 7.49. The van der Waals surface area contributed by atoms with E-state index in [4.69, 9.17) is 5.53 Å². The van der Waals surface area contributed by atoms with E-state index in [1.807, 2.05) is 20.8 Å². The Labute approximate surface area is 55.0 Å². The van der Waals surface area contributed by atoms with Crippen molar-refractivity contribution in [2.45, 2.75) is 20.8 Å². The zero-order valence-electron chi connectivity index (χ0n) is 6.05. The molecule has 0 atom stereocenters. The van der Waals surface area contributed by atoms with Crippen molar-refractivity contribution in [3.8, 4) is 0 Å². The maximum absolute atomic E-state index is 8.00. The van der Waals surface area contributed by atoms with Crippen molar-refractivity contribution < 1.29 is 0 Å². The lowest BCUT2D eigenvalue weighted by atomic mass is 9.94. The molecule has 0 amide bonds. The second-order valence-electron chi connectivity index (χ2n) is 2.89. The molecule has 0 aliphatic heterocycles. The Morgan fingerprint density at radius 3 is 2.11 bits per heavy atom. The summed E-state index contributed by atoms with van der Waals surface area (Å²) in [5.41, 5.74) is 8.47. The zero-order valence-corrected chi connectivity index (χ0v) is 6.05. The highest BCUT2D eigenvalue weighted by atomic mass is 15.1. The van der Waals surface area contributed by atoms with Gasteiger partial charge in [-0.2, -0.15) is 0 Å². The molecule has 50 valence electrons. The minimum Gasteiger partial charge on any atom is -0.0930 e. The average molecular weight is 125 g/mol. The second kappa shape index (κ2) is 2.55. The van der Waals surface area contributed by atoms with Crippen LogP contribution in [0.2, 0.25) is 0 Å². The number of azide groups is 1. The van der Waals surface area contributed by atoms with Crippen molar-refractivity contribution in [1.82, 2.24) is 0 Å². The summed E-state index contributed by atoms with van der Waals surface area (Å²) in [4.78, 5) is 2.63. The first-order valence-electron chi connectivity index (χ1n) is 2.73. The van der Waals surface area contributed by atoms with E-state index in [-0.39, 0.29) is 5.41 Å². The van der Waals surface area contributed by atoms with Gasteiger partial charge in [-0.3, -0.25) is 0 Å². The first-order valence-corrected chi connectivity index (χ1v) is 2.73. The number of nitrogens with zero attached hydrogens (tertiary/aromatic N) is 3. The molecule has 3 heteroatoms. The molecular formula is C6H11N3. The minimum atomic E-state index is -0.105. The maximum Gasteiger partial charge on any atom is 0.0132 e. The Morgan fingerprint density at radius 1 is 1.56 bits per heavy atom. The topological polar surface area (TPSA) is 48.8 Å². The van der Waals surface area contributed by atoms with Crippen LogP contribution >= 0.6 is 0 Å². The molecule has 0 aromatic carbocycles. The van der Waals surface area contributed by atoms with Crippen LogP contribution in [0.3, 0.4) is 0 Å². The largest absolute Gasteiger partial charge is 0.0930 e. The number of allylic oxidation sites excluding steroid dienone is 1. The molecule has 0 N–H and O–H groups in total. The first kappa shape index (κ1) is 8.05. The van der Waals surface area contributed by atoms with E-state index in [0.29, 0.717) is 5.70 Å². The molecule has 0 saturated carbocycles. The van der Waals surface area contributed by atoms with Gasteiger partial charge in [0.25, 0.3) is 0 Å². The third-order valence-corrected chi connectivity index (χ3v) is 1.03. The molecule has 0 rings (SSSR count). The van der Waals surface area contributed by atoms with Crippen molar-refractivity contribution in [1.29, 1.82) is 0 Å². The van der Waals surface area contributed by atoms with Crippen LogP contribution in [0.5, 0.6) is 0 Å². The lowest BCUT2D eigenvalue weighted by Gasteiger charge is -2.16. The Morgan fingerprint density at radius 2 is 2.00 bits per heavy atom. The maximum atomic E-state index is 8.00. The summed E-state index contributed by atoms with van der Waals surface area (Å²) >= 11 is 0. The molecule has 0 spiro atoms. The predicted octanol–water partition coefficient (Wildman–Crippen LogP) is 2.86. The van der Waals surface area contributed by atoms with Gasteiger partial charge in [0.05, 0.1) is 0 Å². The fourth-order valence-corrected chi connectivity index (χ4v) is 0.204. The van der Waals surface area contributed by atoms with E-state index in [1.54, 1.807) is 0 Å². The highest BCUT2D eigenvalue weighted by Gasteiger charge is 2.12. The Kier molecular flexibility index (Phi) is 2.29. The van der Waals surface area contributed by atoms with Crippen LogP contribution in [0.15, 0.2) is 17.4 Å². The van der Waals surface area contributed by atoms with Crippen molar-refractivity contribution in [3.63, 3.8) is 0 Å². The molecule has 0 saturated heterocycles. The van der Waals surface area contributed by atoms with Gasteiger partial charge in [-0.15, -0.1) is 0 Å². The molecule has 0 aromatic rings. The van der Waals surface area contributed by atoms with Crippen molar-refractivity contribution >= 4 is 0 Å². The van der Waals surface area contributed by atoms with Crippen LogP contribution < -0.4 is 0 Å². The number of rotatable bonds is 1. The van der Waals surface area contributed by atoms with E-state index in [0.717, 1.165) is 0 Å². The molecule has 9 heavy (non-hydrogen) atoms. The fraction of sp³-hybridized carbons (Fsp3) is 0.667. The third-order valence-electron chi connectivity index (χ3n) is 1.03. The summed E-state index contributed by atoms with van der Waals surface area (Å²) in [5.74, 6) is 0. The first-order chi connectivity index (χ1) is 3.98. The van der Waals surface area contributed by atoms with E-state index in [9.17, 15) is 0 Å². The SMILES string of the molecule is C=C(N=[N+]=[N-])C(C)(C)C. The molecule has 3 nitrogen and oxygen atoms in total. The summed E-state index contributed by atoms with van der Waals surface area (Å²) in [6.07, 6.45) is 0. The van der Waals surface area contributed by atoms with E-state index < -0.39 is 0 Å². The highest BCUT2D eigenvalue weighted by molar-refractivity contribution is 5.02. The van der Waals surface area contributed by atoms with Gasteiger partial charge >= 0.3 is 0 Å². The smallest absolute Gasteiger partial charge is 0.0132 e. The molecule has 0 heterocycles. The van der Waals surface area contributed by atoms with Crippen LogP contribution in [0, 0.1) is 5.41 Å². The van der Waals surface area contributed by atoms with E-state index >= 15 is 0 Å². The van der Waals surface area contributed by atoms with Gasteiger partial charge in [0.15, 0.2) is 0 Å². The minimum absolute atomic E-state index is 0.105. The van der Waals surface area contributed by atoms with Crippen LogP contribution in [0.4, 0.5) is 0 Å². The number of hydrogen-bond acceptors (Lipinski definition) is 1. The Hall–Kier alpha value is -0.950. The molecule has 0 radical (unpaired) electrons. The third kappa shape index (κ3) is 2.77. The summed E-state index contributed by atoms with van der Waals surface area (Å²) < 4.78 is 0. The van der Waals surface area contributed by atoms with Crippen LogP contribution in [0.1, 0.15) is 20.8 Å². The lowest BCUT2D eigenvalue weighted by molar-refractivity contribution is 0.499. The molecule has 0 unspecified atom stereocenters. The second-order valence-corrected chi connectivity index (χ2v) is 2.89. The quantitative estimate of drug-likeness (QED) is 0.294. The normalized spacial score (nSPS) is 10.1. The molecule has 0 fully saturated rings. The molecule has 0 aromatic heterocycles. The lowest BCUT2D eigenvalue weighted by Crippen LogP contribution is -2.05. The summed E-state index contributed by atoms with van der Waals surface area (Å²) in [5, 5.41) is 3.38. The Bertz CT molecular complexity index is 158. The fourth-order valence-electron chi connectivity index (χ4n) is 0.204. The summed E-state index contributed by atoms with van der Waals surface area (Å²) in [7, 11) is 0. The predicted molar refractivity (Wildman–Crippen MR) is 37.7 cm³/mol. The standard InChI is InChI=1S/C6H11N3/c1-5(8-9-7)6(2,3)4/h1H2,2-4H3. The van der Waals surface area contributed by atoms with E-state index in [1.165, 1.54) is 0 Å². The highest BCUT2D eigenvalue weighted by Crippen LogP contribution is 2.23. The van der Waals surface area contributed by atoms with Crippen LogP contribution in [-0.2, 0) is 0 Å². The van der Waals surface area contributed by atoms with E-state index in [2.05, 4.69) is 16.6 Å². The van der Waals surface area contributed by atoms with Crippen molar-refractivity contribution in [2.24, 2.45) is 10.5 Å². The number of hydrogen-bond donors (Lipinski definition) is 0. The monoisotopic (exact) mass is 125 g/mol. The molecule has 0 aliphatic carbocycles. The van der Waals surface area contributed by atoms with Crippen molar-refractivity contribution in [2.75, 3.05) is 0 Å². The summed E-state index contributed by atoms with van der Waals surface area (Å²) in [6, 6.07) is 0. The van der Waals surface area contributed by atoms with Gasteiger partial charge in [0, 0.05) is 10.6 Å². The van der Waals surface area contributed by atoms with Gasteiger partial charge in [-0.25, -0.2) is 0 Å². The summed E-state index contributed by atoms with van der Waals surface area (Å²) in [6.45, 7) is 9.44. The van der Waals surface area contributed by atoms with Crippen molar-refractivity contribution in [3.05, 3.63) is 22.7 Å².